The summed E-state index contributed by atoms with van der Waals surface area (Å²) in [7, 11) is 0. The molecule has 0 bridgehead atoms. The Labute approximate surface area is 196 Å². The Morgan fingerprint density at radius 3 is 2.48 bits per heavy atom. The average Bonchev–Trinajstić information content (AvgIpc) is 3.13. The highest BCUT2D eigenvalue weighted by Crippen LogP contribution is 2.30. The Balaban J connectivity index is 1.49. The summed E-state index contributed by atoms with van der Waals surface area (Å²) in [5.74, 6) is -0.392. The van der Waals surface area contributed by atoms with Crippen LogP contribution in [-0.4, -0.2) is 34.2 Å². The van der Waals surface area contributed by atoms with E-state index in [0.717, 1.165) is 42.6 Å². The van der Waals surface area contributed by atoms with Gasteiger partial charge in [-0.1, -0.05) is 75.1 Å². The normalized spacial score (nSPS) is 19.1. The number of nitrogens with zero attached hydrogens (tertiary/aromatic N) is 2. The smallest absolute Gasteiger partial charge is 0.336 e. The van der Waals surface area contributed by atoms with Gasteiger partial charge in [-0.15, -0.1) is 0 Å². The summed E-state index contributed by atoms with van der Waals surface area (Å²) in [6.45, 7) is 2.93. The van der Waals surface area contributed by atoms with E-state index in [9.17, 15) is 14.7 Å². The monoisotopic (exact) mass is 446 g/mol. The number of carbonyl (C=O) groups is 2. The standard InChI is InChI=1S/C28H34N2O3/c1-2-3-13-26-25(27(31)30(29-26)19-21-9-5-4-6-10-21)18-20-14-16-22(17-15-20)23-11-7-8-12-24(23)28(32)33/h7-8,11-12,14-17,21,25H,2-6,9-10,13,18-19H2,1H3,(H,32,33). The fourth-order valence-electron chi connectivity index (χ4n) is 5.11. The average molecular weight is 447 g/mol. The number of carbonyl (C=O) groups excluding carboxylic acids is 1. The first kappa shape index (κ1) is 23.2. The Morgan fingerprint density at radius 1 is 1.06 bits per heavy atom. The molecule has 0 spiro atoms. The molecule has 0 aromatic heterocycles. The highest BCUT2D eigenvalue weighted by molar-refractivity contribution is 6.08. The first-order valence-corrected chi connectivity index (χ1v) is 12.4. The SMILES string of the molecule is CCCCC1=NN(CC2CCCCC2)C(=O)C1Cc1ccc(-c2ccccc2C(=O)O)cc1. The predicted molar refractivity (Wildman–Crippen MR) is 131 cm³/mol. The molecular formula is C28H34N2O3. The zero-order valence-corrected chi connectivity index (χ0v) is 19.5. The summed E-state index contributed by atoms with van der Waals surface area (Å²) < 4.78 is 0. The fourth-order valence-corrected chi connectivity index (χ4v) is 5.11. The van der Waals surface area contributed by atoms with Gasteiger partial charge < -0.3 is 5.11 Å². The number of hydrogen-bond donors (Lipinski definition) is 1. The molecule has 1 aliphatic carbocycles. The van der Waals surface area contributed by atoms with Gasteiger partial charge in [-0.3, -0.25) is 4.79 Å². The number of unbranched alkanes of at least 4 members (excludes halogenated alkanes) is 1. The van der Waals surface area contributed by atoms with Crippen LogP contribution in [0.5, 0.6) is 0 Å². The van der Waals surface area contributed by atoms with Gasteiger partial charge in [0.05, 0.1) is 17.2 Å². The number of rotatable bonds is 9. The number of hydrogen-bond acceptors (Lipinski definition) is 3. The Kier molecular flexibility index (Phi) is 7.58. The van der Waals surface area contributed by atoms with Crippen molar-refractivity contribution in [2.24, 2.45) is 16.9 Å². The van der Waals surface area contributed by atoms with Crippen LogP contribution in [-0.2, 0) is 11.2 Å². The van der Waals surface area contributed by atoms with Crippen molar-refractivity contribution >= 4 is 17.6 Å². The van der Waals surface area contributed by atoms with Crippen molar-refractivity contribution in [2.75, 3.05) is 6.54 Å². The summed E-state index contributed by atoms with van der Waals surface area (Å²) in [6, 6.07) is 15.0. The lowest BCUT2D eigenvalue weighted by atomic mass is 9.88. The van der Waals surface area contributed by atoms with Crippen molar-refractivity contribution in [1.29, 1.82) is 0 Å². The highest BCUT2D eigenvalue weighted by atomic mass is 16.4. The molecule has 5 heteroatoms. The van der Waals surface area contributed by atoms with E-state index in [0.29, 0.717) is 23.5 Å². The molecule has 1 heterocycles. The van der Waals surface area contributed by atoms with E-state index >= 15 is 0 Å². The van der Waals surface area contributed by atoms with Crippen molar-refractivity contribution in [3.8, 4) is 11.1 Å². The summed E-state index contributed by atoms with van der Waals surface area (Å²) in [5, 5.41) is 16.1. The molecule has 2 aromatic carbocycles. The van der Waals surface area contributed by atoms with Gasteiger partial charge in [0.15, 0.2) is 0 Å². The van der Waals surface area contributed by atoms with E-state index in [2.05, 4.69) is 6.92 Å². The molecule has 1 N–H and O–H groups in total. The van der Waals surface area contributed by atoms with Crippen molar-refractivity contribution in [2.45, 2.75) is 64.7 Å². The van der Waals surface area contributed by atoms with Crippen LogP contribution in [0, 0.1) is 11.8 Å². The second-order valence-corrected chi connectivity index (χ2v) is 9.42. The molecule has 1 amide bonds. The van der Waals surface area contributed by atoms with Gasteiger partial charge in [-0.05, 0) is 60.8 Å². The largest absolute Gasteiger partial charge is 0.478 e. The Morgan fingerprint density at radius 2 is 1.79 bits per heavy atom. The summed E-state index contributed by atoms with van der Waals surface area (Å²) >= 11 is 0. The van der Waals surface area contributed by atoms with Crippen LogP contribution in [0.4, 0.5) is 0 Å². The molecule has 1 fully saturated rings. The highest BCUT2D eigenvalue weighted by Gasteiger charge is 2.36. The van der Waals surface area contributed by atoms with Crippen LogP contribution in [0.2, 0.25) is 0 Å². The topological polar surface area (TPSA) is 70.0 Å². The molecule has 1 saturated carbocycles. The van der Waals surface area contributed by atoms with E-state index in [1.54, 1.807) is 17.1 Å². The second-order valence-electron chi connectivity index (χ2n) is 9.42. The third-order valence-corrected chi connectivity index (χ3v) is 7.01. The van der Waals surface area contributed by atoms with Crippen LogP contribution in [0.1, 0.15) is 74.2 Å². The van der Waals surface area contributed by atoms with Crippen LogP contribution in [0.15, 0.2) is 53.6 Å². The Bertz CT molecular complexity index is 1010. The molecule has 4 rings (SSSR count). The number of carboxylic acid groups (broad SMARTS) is 1. The third-order valence-electron chi connectivity index (χ3n) is 7.01. The molecule has 5 nitrogen and oxygen atoms in total. The van der Waals surface area contributed by atoms with Gasteiger partial charge in [0, 0.05) is 6.54 Å². The van der Waals surface area contributed by atoms with Crippen molar-refractivity contribution in [3.63, 3.8) is 0 Å². The fraction of sp³-hybridized carbons (Fsp3) is 0.464. The summed E-state index contributed by atoms with van der Waals surface area (Å²) in [6.07, 6.45) is 9.89. The van der Waals surface area contributed by atoms with Crippen LogP contribution in [0.3, 0.4) is 0 Å². The molecule has 1 aliphatic heterocycles. The zero-order valence-electron chi connectivity index (χ0n) is 19.5. The molecule has 1 atom stereocenters. The van der Waals surface area contributed by atoms with E-state index in [-0.39, 0.29) is 11.8 Å². The number of hydrazone groups is 1. The van der Waals surface area contributed by atoms with Crippen LogP contribution < -0.4 is 0 Å². The second kappa shape index (κ2) is 10.8. The number of aromatic carboxylic acids is 1. The van der Waals surface area contributed by atoms with E-state index in [1.807, 2.05) is 36.4 Å². The number of amides is 1. The minimum atomic E-state index is -0.930. The summed E-state index contributed by atoms with van der Waals surface area (Å²) in [5.41, 5.74) is 3.97. The lowest BCUT2D eigenvalue weighted by molar-refractivity contribution is -0.132. The van der Waals surface area contributed by atoms with Gasteiger partial charge in [-0.2, -0.15) is 5.10 Å². The maximum atomic E-state index is 13.3. The lowest BCUT2D eigenvalue weighted by Gasteiger charge is -2.25. The predicted octanol–water partition coefficient (Wildman–Crippen LogP) is 6.18. The van der Waals surface area contributed by atoms with Gasteiger partial charge in [0.25, 0.3) is 5.91 Å². The first-order chi connectivity index (χ1) is 16.1. The molecule has 174 valence electrons. The van der Waals surface area contributed by atoms with Crippen molar-refractivity contribution in [3.05, 3.63) is 59.7 Å². The molecule has 1 unspecified atom stereocenters. The van der Waals surface area contributed by atoms with Crippen molar-refractivity contribution in [1.82, 2.24) is 5.01 Å². The van der Waals surface area contributed by atoms with E-state index in [1.165, 1.54) is 32.1 Å². The zero-order chi connectivity index (χ0) is 23.2. The van der Waals surface area contributed by atoms with Gasteiger partial charge >= 0.3 is 5.97 Å². The Hall–Kier alpha value is -2.95. The molecule has 2 aliphatic rings. The van der Waals surface area contributed by atoms with E-state index in [4.69, 9.17) is 5.10 Å². The molecule has 2 aromatic rings. The van der Waals surface area contributed by atoms with E-state index < -0.39 is 5.97 Å². The maximum Gasteiger partial charge on any atom is 0.336 e. The molecular weight excluding hydrogens is 412 g/mol. The number of carboxylic acids is 1. The summed E-state index contributed by atoms with van der Waals surface area (Å²) in [4.78, 5) is 24.9. The lowest BCUT2D eigenvalue weighted by Crippen LogP contribution is -2.33. The third kappa shape index (κ3) is 5.52. The minimum absolute atomic E-state index is 0.145. The maximum absolute atomic E-state index is 13.3. The van der Waals surface area contributed by atoms with Gasteiger partial charge in [0.2, 0.25) is 0 Å². The van der Waals surface area contributed by atoms with Gasteiger partial charge in [-0.25, -0.2) is 9.80 Å². The quantitative estimate of drug-likeness (QED) is 0.500. The van der Waals surface area contributed by atoms with Gasteiger partial charge in [0.1, 0.15) is 0 Å². The molecule has 33 heavy (non-hydrogen) atoms. The molecule has 0 saturated heterocycles. The first-order valence-electron chi connectivity index (χ1n) is 12.4. The van der Waals surface area contributed by atoms with Crippen LogP contribution >= 0.6 is 0 Å². The minimum Gasteiger partial charge on any atom is -0.478 e. The number of benzene rings is 2. The molecule has 0 radical (unpaired) electrons. The van der Waals surface area contributed by atoms with Crippen LogP contribution in [0.25, 0.3) is 11.1 Å². The van der Waals surface area contributed by atoms with Crippen molar-refractivity contribution < 1.29 is 14.7 Å².